The number of aliphatic hydroxyl groups excluding tert-OH is 1. The number of hydrogen-bond acceptors (Lipinski definition) is 5. The van der Waals surface area contributed by atoms with Crippen molar-refractivity contribution in [1.29, 1.82) is 0 Å². The normalized spacial score (nSPS) is 16.9. The van der Waals surface area contributed by atoms with Crippen LogP contribution in [0.1, 0.15) is 23.2 Å². The van der Waals surface area contributed by atoms with Crippen LogP contribution in [0, 0.1) is 0 Å². The number of likely N-dealkylation sites (tertiary alicyclic amines) is 1. The van der Waals surface area contributed by atoms with Gasteiger partial charge in [0.1, 0.15) is 12.4 Å². The minimum Gasteiger partial charge on any atom is -0.492 e. The molecule has 0 unspecified atom stereocenters. The van der Waals surface area contributed by atoms with Gasteiger partial charge in [-0.1, -0.05) is 0 Å². The Labute approximate surface area is 119 Å². The highest BCUT2D eigenvalue weighted by molar-refractivity contribution is 5.89. The molecule has 0 aliphatic carbocycles. The molecular weight excluding hydrogens is 258 g/mol. The predicted molar refractivity (Wildman–Crippen MR) is 75.0 cm³/mol. The van der Waals surface area contributed by atoms with Gasteiger partial charge in [0.2, 0.25) is 0 Å². The number of esters is 1. The lowest BCUT2D eigenvalue weighted by molar-refractivity contribution is 0.0600. The number of hydrogen-bond donors (Lipinski definition) is 1. The first-order valence-corrected chi connectivity index (χ1v) is 6.90. The molecule has 1 aliphatic rings. The summed E-state index contributed by atoms with van der Waals surface area (Å²) in [6.07, 6.45) is 1.54. The van der Waals surface area contributed by atoms with Gasteiger partial charge in [-0.2, -0.15) is 0 Å². The molecule has 0 spiro atoms. The van der Waals surface area contributed by atoms with Crippen molar-refractivity contribution in [3.8, 4) is 5.75 Å². The molecule has 5 heteroatoms. The van der Waals surface area contributed by atoms with Crippen LogP contribution in [0.4, 0.5) is 0 Å². The van der Waals surface area contributed by atoms with E-state index in [0.717, 1.165) is 38.2 Å². The minimum atomic E-state index is -0.344. The molecule has 110 valence electrons. The summed E-state index contributed by atoms with van der Waals surface area (Å²) in [5.74, 6) is 0.401. The lowest BCUT2D eigenvalue weighted by atomic mass is 10.1. The Bertz CT molecular complexity index is 424. The summed E-state index contributed by atoms with van der Waals surface area (Å²) in [5, 5.41) is 9.43. The number of piperidine rings is 1. The van der Waals surface area contributed by atoms with Crippen LogP contribution in [0.2, 0.25) is 0 Å². The maximum atomic E-state index is 11.3. The smallest absolute Gasteiger partial charge is 0.337 e. The molecule has 2 rings (SSSR count). The molecule has 0 radical (unpaired) electrons. The Morgan fingerprint density at radius 2 is 1.95 bits per heavy atom. The minimum absolute atomic E-state index is 0.141. The molecule has 1 aromatic rings. The molecule has 0 amide bonds. The first-order chi connectivity index (χ1) is 9.69. The fourth-order valence-corrected chi connectivity index (χ4v) is 2.24. The van der Waals surface area contributed by atoms with E-state index in [9.17, 15) is 9.90 Å². The van der Waals surface area contributed by atoms with Crippen LogP contribution in [0.15, 0.2) is 24.3 Å². The van der Waals surface area contributed by atoms with E-state index >= 15 is 0 Å². The summed E-state index contributed by atoms with van der Waals surface area (Å²) in [7, 11) is 1.36. The van der Waals surface area contributed by atoms with Gasteiger partial charge >= 0.3 is 5.97 Å². The van der Waals surface area contributed by atoms with Gasteiger partial charge < -0.3 is 14.6 Å². The first-order valence-electron chi connectivity index (χ1n) is 6.90. The van der Waals surface area contributed by atoms with E-state index in [0.29, 0.717) is 12.2 Å². The van der Waals surface area contributed by atoms with Crippen LogP contribution in [0.5, 0.6) is 5.75 Å². The molecule has 1 aromatic carbocycles. The number of methoxy groups -OCH3 is 1. The van der Waals surface area contributed by atoms with Gasteiger partial charge in [0, 0.05) is 19.6 Å². The van der Waals surface area contributed by atoms with Gasteiger partial charge in [0.25, 0.3) is 0 Å². The molecule has 1 fully saturated rings. The Hall–Kier alpha value is -1.59. The van der Waals surface area contributed by atoms with E-state index in [1.807, 2.05) is 0 Å². The number of aliphatic hydroxyl groups is 1. The Morgan fingerprint density at radius 1 is 1.30 bits per heavy atom. The van der Waals surface area contributed by atoms with Crippen molar-refractivity contribution in [2.24, 2.45) is 0 Å². The maximum Gasteiger partial charge on any atom is 0.337 e. The summed E-state index contributed by atoms with van der Waals surface area (Å²) in [5.41, 5.74) is 0.518. The molecular formula is C15H21NO4. The number of rotatable bonds is 5. The fraction of sp³-hybridized carbons (Fsp3) is 0.533. The molecule has 1 aliphatic heterocycles. The van der Waals surface area contributed by atoms with E-state index in [2.05, 4.69) is 9.64 Å². The lowest BCUT2D eigenvalue weighted by Crippen LogP contribution is -2.38. The summed E-state index contributed by atoms with van der Waals surface area (Å²) in [4.78, 5) is 13.6. The number of carbonyl (C=O) groups is 1. The van der Waals surface area contributed by atoms with Gasteiger partial charge in [-0.15, -0.1) is 0 Å². The summed E-state index contributed by atoms with van der Waals surface area (Å²) < 4.78 is 10.3. The molecule has 1 N–H and O–H groups in total. The number of carbonyl (C=O) groups excluding carboxylic acids is 1. The third-order valence-electron chi connectivity index (χ3n) is 3.51. The zero-order valence-corrected chi connectivity index (χ0v) is 11.7. The van der Waals surface area contributed by atoms with Gasteiger partial charge in [0.05, 0.1) is 18.8 Å². The van der Waals surface area contributed by atoms with Crippen molar-refractivity contribution >= 4 is 5.97 Å². The van der Waals surface area contributed by atoms with Crippen molar-refractivity contribution in [2.45, 2.75) is 18.9 Å². The van der Waals surface area contributed by atoms with E-state index in [1.165, 1.54) is 7.11 Å². The zero-order chi connectivity index (χ0) is 14.4. The van der Waals surface area contributed by atoms with Crippen LogP contribution in [0.3, 0.4) is 0 Å². The number of ether oxygens (including phenoxy) is 2. The maximum absolute atomic E-state index is 11.3. The Balaban J connectivity index is 1.73. The van der Waals surface area contributed by atoms with Crippen molar-refractivity contribution < 1.29 is 19.4 Å². The largest absolute Gasteiger partial charge is 0.492 e. The van der Waals surface area contributed by atoms with E-state index in [4.69, 9.17) is 4.74 Å². The highest BCUT2D eigenvalue weighted by Crippen LogP contribution is 2.14. The molecule has 1 saturated heterocycles. The monoisotopic (exact) mass is 279 g/mol. The van der Waals surface area contributed by atoms with Crippen LogP contribution < -0.4 is 4.74 Å². The second-order valence-corrected chi connectivity index (χ2v) is 4.94. The van der Waals surface area contributed by atoms with Crippen LogP contribution in [-0.2, 0) is 4.74 Å². The highest BCUT2D eigenvalue weighted by atomic mass is 16.5. The van der Waals surface area contributed by atoms with E-state index < -0.39 is 0 Å². The third kappa shape index (κ3) is 4.21. The van der Waals surface area contributed by atoms with Gasteiger partial charge in [-0.05, 0) is 37.1 Å². The number of benzene rings is 1. The van der Waals surface area contributed by atoms with Crippen LogP contribution in [-0.4, -0.2) is 55.4 Å². The van der Waals surface area contributed by atoms with Crippen LogP contribution >= 0.6 is 0 Å². The highest BCUT2D eigenvalue weighted by Gasteiger charge is 2.16. The number of nitrogens with zero attached hydrogens (tertiary/aromatic N) is 1. The molecule has 20 heavy (non-hydrogen) atoms. The molecule has 0 saturated carbocycles. The lowest BCUT2D eigenvalue weighted by Gasteiger charge is -2.29. The second kappa shape index (κ2) is 7.26. The standard InChI is InChI=1S/C15H21NO4/c1-19-15(18)12-2-4-14(5-3-12)20-11-10-16-8-6-13(17)7-9-16/h2-5,13,17H,6-11H2,1H3. The zero-order valence-electron chi connectivity index (χ0n) is 11.7. The Morgan fingerprint density at radius 3 is 2.55 bits per heavy atom. The predicted octanol–water partition coefficient (Wildman–Crippen LogP) is 1.31. The Kier molecular flexibility index (Phi) is 5.38. The molecule has 1 heterocycles. The van der Waals surface area contributed by atoms with Gasteiger partial charge in [0.15, 0.2) is 0 Å². The van der Waals surface area contributed by atoms with Crippen molar-refractivity contribution in [1.82, 2.24) is 4.90 Å². The fourth-order valence-electron chi connectivity index (χ4n) is 2.24. The van der Waals surface area contributed by atoms with Crippen molar-refractivity contribution in [2.75, 3.05) is 33.4 Å². The van der Waals surface area contributed by atoms with Crippen molar-refractivity contribution in [3.63, 3.8) is 0 Å². The van der Waals surface area contributed by atoms with Gasteiger partial charge in [-0.25, -0.2) is 4.79 Å². The topological polar surface area (TPSA) is 59.0 Å². The van der Waals surface area contributed by atoms with Crippen LogP contribution in [0.25, 0.3) is 0 Å². The first kappa shape index (κ1) is 14.8. The van der Waals surface area contributed by atoms with Gasteiger partial charge in [-0.3, -0.25) is 4.90 Å². The summed E-state index contributed by atoms with van der Waals surface area (Å²) in [6, 6.07) is 6.93. The van der Waals surface area contributed by atoms with E-state index in [1.54, 1.807) is 24.3 Å². The van der Waals surface area contributed by atoms with E-state index in [-0.39, 0.29) is 12.1 Å². The third-order valence-corrected chi connectivity index (χ3v) is 3.51. The molecule has 5 nitrogen and oxygen atoms in total. The van der Waals surface area contributed by atoms with Crippen molar-refractivity contribution in [3.05, 3.63) is 29.8 Å². The quantitative estimate of drug-likeness (QED) is 0.824. The SMILES string of the molecule is COC(=O)c1ccc(OCCN2CCC(O)CC2)cc1. The second-order valence-electron chi connectivity index (χ2n) is 4.94. The molecule has 0 atom stereocenters. The summed E-state index contributed by atoms with van der Waals surface area (Å²) >= 11 is 0. The average Bonchev–Trinajstić information content (AvgIpc) is 2.49. The summed E-state index contributed by atoms with van der Waals surface area (Å²) in [6.45, 7) is 3.30. The molecule has 0 bridgehead atoms. The average molecular weight is 279 g/mol. The molecule has 0 aromatic heterocycles.